The summed E-state index contributed by atoms with van der Waals surface area (Å²) in [4.78, 5) is 43.8. The predicted octanol–water partition coefficient (Wildman–Crippen LogP) is 10.1. The number of carbonyl (C=O) groups excluding carboxylic acids is 2. The Hall–Kier alpha value is -1.97. The molecule has 5 aliphatic rings. The molecule has 58 heavy (non-hydrogen) atoms. The van der Waals surface area contributed by atoms with E-state index < -0.39 is 28.9 Å². The van der Waals surface area contributed by atoms with Gasteiger partial charge in [0.25, 0.3) is 0 Å². The average Bonchev–Trinajstić information content (AvgIpc) is 3.43. The second-order valence-corrected chi connectivity index (χ2v) is 22.7. The Kier molecular flexibility index (Phi) is 12.6. The maximum atomic E-state index is 14.3. The summed E-state index contributed by atoms with van der Waals surface area (Å²) in [5.74, 6) is -0.0958. The highest BCUT2D eigenvalue weighted by Gasteiger charge is 2.71. The molecule has 0 heterocycles. The summed E-state index contributed by atoms with van der Waals surface area (Å²) < 4.78 is 6.19. The van der Waals surface area contributed by atoms with E-state index in [1.165, 1.54) is 5.57 Å². The number of hydrogen-bond acceptors (Lipinski definition) is 7. The normalized spacial score (nSPS) is 35.1. The van der Waals surface area contributed by atoms with Gasteiger partial charge in [-0.15, -0.1) is 0 Å². The Balaban J connectivity index is 1.29. The molecule has 1 aromatic rings. The summed E-state index contributed by atoms with van der Waals surface area (Å²) in [6, 6.07) is 5.62. The molecule has 10 heteroatoms. The highest BCUT2D eigenvalue weighted by Crippen LogP contribution is 2.77. The lowest BCUT2D eigenvalue weighted by molar-refractivity contribution is -0.235. The molecule has 0 spiro atoms. The number of ketones is 1. The van der Waals surface area contributed by atoms with Crippen molar-refractivity contribution in [3.05, 3.63) is 45.0 Å². The first-order valence-electron chi connectivity index (χ1n) is 22.0. The number of allylic oxidation sites excluding steroid dienone is 1. The van der Waals surface area contributed by atoms with Crippen molar-refractivity contribution in [1.82, 2.24) is 9.80 Å². The summed E-state index contributed by atoms with van der Waals surface area (Å²) in [6.07, 6.45) is 6.92. The predicted molar refractivity (Wildman–Crippen MR) is 232 cm³/mol. The third-order valence-corrected chi connectivity index (χ3v) is 17.8. The maximum Gasteiger partial charge on any atom is 0.309 e. The van der Waals surface area contributed by atoms with Gasteiger partial charge in [0, 0.05) is 53.5 Å². The summed E-state index contributed by atoms with van der Waals surface area (Å²) >= 11 is 13.0. The molecule has 4 saturated carbocycles. The van der Waals surface area contributed by atoms with Crippen molar-refractivity contribution in [2.24, 2.45) is 56.2 Å². The number of carbonyl (C=O) groups is 3. The summed E-state index contributed by atoms with van der Waals surface area (Å²) in [5.41, 5.74) is 1.20. The molecule has 5 aliphatic carbocycles. The molecule has 2 N–H and O–H groups in total. The second-order valence-electron chi connectivity index (χ2n) is 21.8. The number of rotatable bonds is 13. The minimum absolute atomic E-state index is 0.0210. The maximum absolute atomic E-state index is 14.3. The molecule has 0 saturated heterocycles. The molecule has 9 atom stereocenters. The largest absolute Gasteiger partial charge is 0.481 e. The molecule has 9 unspecified atom stereocenters. The zero-order valence-corrected chi connectivity index (χ0v) is 38.8. The minimum Gasteiger partial charge on any atom is -0.481 e. The van der Waals surface area contributed by atoms with Crippen LogP contribution in [0, 0.1) is 56.2 Å². The molecular formula is C48H72Cl2N2O6. The smallest absolute Gasteiger partial charge is 0.309 e. The van der Waals surface area contributed by atoms with E-state index in [9.17, 15) is 24.6 Å². The van der Waals surface area contributed by atoms with Gasteiger partial charge < -0.3 is 19.8 Å². The van der Waals surface area contributed by atoms with E-state index in [1.807, 2.05) is 12.1 Å². The SMILES string of the molecule is CC(C)C1=C2C3CCC4C5(C)CCC(OC(=O)CC(C)(C)C(=O)O)C(C)(C)C5CCC4(C)C3(C)CCC2(C(O)CN(CCN(C)C)Cc2ccc(Cl)cc2Cl)CC1=O. The van der Waals surface area contributed by atoms with Crippen LogP contribution >= 0.6 is 23.2 Å². The first-order chi connectivity index (χ1) is 26.8. The number of fused-ring (bicyclic) bond motifs is 7. The Morgan fingerprint density at radius 3 is 2.24 bits per heavy atom. The molecule has 4 fully saturated rings. The lowest BCUT2D eigenvalue weighted by atomic mass is 9.33. The van der Waals surface area contributed by atoms with Crippen molar-refractivity contribution in [2.45, 2.75) is 145 Å². The van der Waals surface area contributed by atoms with Crippen LogP contribution in [0.15, 0.2) is 29.3 Å². The van der Waals surface area contributed by atoms with Crippen LogP contribution in [0.3, 0.4) is 0 Å². The Bertz CT molecular complexity index is 1810. The zero-order chi connectivity index (χ0) is 43.0. The third kappa shape index (κ3) is 7.64. The van der Waals surface area contributed by atoms with Gasteiger partial charge in [0.05, 0.1) is 17.9 Å². The van der Waals surface area contributed by atoms with Crippen molar-refractivity contribution in [2.75, 3.05) is 33.7 Å². The number of benzene rings is 1. The molecule has 8 nitrogen and oxygen atoms in total. The van der Waals surface area contributed by atoms with Crippen molar-refractivity contribution in [3.8, 4) is 0 Å². The number of likely N-dealkylation sites (N-methyl/N-ethyl adjacent to an activating group) is 1. The molecule has 0 aromatic heterocycles. The van der Waals surface area contributed by atoms with Gasteiger partial charge in [-0.1, -0.05) is 83.3 Å². The molecule has 324 valence electrons. The molecular weight excluding hydrogens is 771 g/mol. The number of halogens is 2. The van der Waals surface area contributed by atoms with Crippen LogP contribution < -0.4 is 0 Å². The Morgan fingerprint density at radius 2 is 1.62 bits per heavy atom. The van der Waals surface area contributed by atoms with Crippen LogP contribution in [0.25, 0.3) is 0 Å². The first-order valence-corrected chi connectivity index (χ1v) is 22.8. The number of aliphatic hydroxyl groups excluding tert-OH is 1. The fraction of sp³-hybridized carbons (Fsp3) is 0.771. The summed E-state index contributed by atoms with van der Waals surface area (Å²) in [5, 5.41) is 23.6. The van der Waals surface area contributed by atoms with Crippen molar-refractivity contribution in [1.29, 1.82) is 0 Å². The van der Waals surface area contributed by atoms with Gasteiger partial charge in [-0.05, 0) is 142 Å². The monoisotopic (exact) mass is 842 g/mol. The number of esters is 1. The van der Waals surface area contributed by atoms with Crippen LogP contribution in [0.1, 0.15) is 132 Å². The van der Waals surface area contributed by atoms with Crippen molar-refractivity contribution >= 4 is 40.9 Å². The van der Waals surface area contributed by atoms with Crippen LogP contribution in [0.5, 0.6) is 0 Å². The molecule has 0 radical (unpaired) electrons. The Morgan fingerprint density at radius 1 is 0.931 bits per heavy atom. The molecule has 0 aliphatic heterocycles. The first kappa shape index (κ1) is 45.6. The van der Waals surface area contributed by atoms with E-state index >= 15 is 0 Å². The van der Waals surface area contributed by atoms with Crippen molar-refractivity contribution < 1.29 is 29.3 Å². The van der Waals surface area contributed by atoms with E-state index in [4.69, 9.17) is 27.9 Å². The zero-order valence-electron chi connectivity index (χ0n) is 37.3. The summed E-state index contributed by atoms with van der Waals surface area (Å²) in [6.45, 7) is 22.3. The van der Waals surface area contributed by atoms with Crippen molar-refractivity contribution in [3.63, 3.8) is 0 Å². The van der Waals surface area contributed by atoms with E-state index in [2.05, 4.69) is 72.4 Å². The van der Waals surface area contributed by atoms with Gasteiger partial charge in [0.15, 0.2) is 5.78 Å². The molecule has 0 bridgehead atoms. The number of ether oxygens (including phenoxy) is 1. The van der Waals surface area contributed by atoms with Crippen LogP contribution in [0.2, 0.25) is 10.0 Å². The van der Waals surface area contributed by atoms with E-state index in [0.717, 1.165) is 75.6 Å². The van der Waals surface area contributed by atoms with E-state index in [1.54, 1.807) is 19.9 Å². The number of hydrogen-bond donors (Lipinski definition) is 2. The molecule has 6 rings (SSSR count). The number of carboxylic acid groups (broad SMARTS) is 1. The molecule has 0 amide bonds. The van der Waals surface area contributed by atoms with E-state index in [0.29, 0.717) is 41.4 Å². The fourth-order valence-corrected chi connectivity index (χ4v) is 14.3. The Labute approximate surface area is 358 Å². The number of nitrogens with zero attached hydrogens (tertiary/aromatic N) is 2. The second kappa shape index (κ2) is 16.1. The van der Waals surface area contributed by atoms with E-state index in [-0.39, 0.29) is 51.8 Å². The lowest BCUT2D eigenvalue weighted by Gasteiger charge is -2.72. The standard InChI is InChI=1S/C48H72Cl2N2O6/c1-29(2)40-34(53)25-48(37(54)28-52(23-22-51(10)11)27-30-12-13-31(49)24-33(30)50)21-20-46(8)32(41(40)48)14-15-36-45(7)18-17-38(58-39(55)26-43(3,4)42(56)57)44(5,6)35(45)16-19-47(36,46)9/h12-13,24,29,32,35-38,54H,14-23,25-28H2,1-11H3,(H,56,57). The number of aliphatic hydroxyl groups is 1. The fourth-order valence-electron chi connectivity index (χ4n) is 13.8. The van der Waals surface area contributed by atoms with Gasteiger partial charge >= 0.3 is 11.9 Å². The summed E-state index contributed by atoms with van der Waals surface area (Å²) in [7, 11) is 4.13. The highest BCUT2D eigenvalue weighted by molar-refractivity contribution is 6.35. The number of aliphatic carboxylic acids is 1. The quantitative estimate of drug-likeness (QED) is 0.189. The van der Waals surface area contributed by atoms with Gasteiger partial charge in [0.2, 0.25) is 0 Å². The lowest BCUT2D eigenvalue weighted by Crippen LogP contribution is -2.66. The van der Waals surface area contributed by atoms with Crippen LogP contribution in [-0.4, -0.2) is 83.7 Å². The number of Topliss-reactive ketones (excluding diaryl/α,β-unsaturated/α-hetero) is 1. The highest BCUT2D eigenvalue weighted by atomic mass is 35.5. The average molecular weight is 844 g/mol. The third-order valence-electron chi connectivity index (χ3n) is 17.2. The minimum atomic E-state index is -1.18. The topological polar surface area (TPSA) is 107 Å². The van der Waals surface area contributed by atoms with Gasteiger partial charge in [-0.3, -0.25) is 19.3 Å². The van der Waals surface area contributed by atoms with Crippen LogP contribution in [0.4, 0.5) is 0 Å². The molecule has 1 aromatic carbocycles. The van der Waals surface area contributed by atoms with Gasteiger partial charge in [0.1, 0.15) is 6.10 Å². The van der Waals surface area contributed by atoms with Gasteiger partial charge in [-0.25, -0.2) is 0 Å². The number of carboxylic acids is 1. The van der Waals surface area contributed by atoms with Crippen LogP contribution in [-0.2, 0) is 25.7 Å². The van der Waals surface area contributed by atoms with Gasteiger partial charge in [-0.2, -0.15) is 0 Å².